The molecule has 2 aromatic rings. The standard InChI is InChI=1S/C18H20N2O3/c1-11-5-6-15(9-12(11)2)18(22)20-19-13(3)14-7-8-16(21)17(10-14)23-4/h5-10,21H,1-4H3,(H,20,22). The van der Waals surface area contributed by atoms with Crippen LogP contribution in [0.15, 0.2) is 41.5 Å². The van der Waals surface area contributed by atoms with Gasteiger partial charge in [-0.2, -0.15) is 5.10 Å². The molecule has 0 fully saturated rings. The SMILES string of the molecule is COc1cc(C(C)=NNC(=O)c2ccc(C)c(C)c2)ccc1O. The number of carbonyl (C=O) groups is 1. The van der Waals surface area contributed by atoms with Crippen LogP contribution in [0.2, 0.25) is 0 Å². The van der Waals surface area contributed by atoms with Crippen LogP contribution in [0.3, 0.4) is 0 Å². The van der Waals surface area contributed by atoms with Gasteiger partial charge in [0, 0.05) is 11.1 Å². The van der Waals surface area contributed by atoms with Crippen molar-refractivity contribution >= 4 is 11.6 Å². The van der Waals surface area contributed by atoms with Crippen LogP contribution in [0.4, 0.5) is 0 Å². The van der Waals surface area contributed by atoms with Gasteiger partial charge in [0.25, 0.3) is 5.91 Å². The van der Waals surface area contributed by atoms with E-state index in [2.05, 4.69) is 10.5 Å². The smallest absolute Gasteiger partial charge is 0.271 e. The first-order chi connectivity index (χ1) is 10.9. The summed E-state index contributed by atoms with van der Waals surface area (Å²) in [6.45, 7) is 5.73. The summed E-state index contributed by atoms with van der Waals surface area (Å²) in [5, 5.41) is 13.7. The van der Waals surface area contributed by atoms with Crippen molar-refractivity contribution in [1.82, 2.24) is 5.43 Å². The minimum Gasteiger partial charge on any atom is -0.504 e. The van der Waals surface area contributed by atoms with Crippen LogP contribution in [0, 0.1) is 13.8 Å². The van der Waals surface area contributed by atoms with E-state index in [9.17, 15) is 9.90 Å². The summed E-state index contributed by atoms with van der Waals surface area (Å²) >= 11 is 0. The number of aromatic hydroxyl groups is 1. The number of hydrazone groups is 1. The fraction of sp³-hybridized carbons (Fsp3) is 0.222. The van der Waals surface area contributed by atoms with E-state index >= 15 is 0 Å². The molecule has 0 aromatic heterocycles. The monoisotopic (exact) mass is 312 g/mol. The van der Waals surface area contributed by atoms with Gasteiger partial charge in [-0.05, 0) is 62.2 Å². The van der Waals surface area contributed by atoms with E-state index in [1.807, 2.05) is 26.0 Å². The second kappa shape index (κ2) is 6.96. The number of nitrogens with zero attached hydrogens (tertiary/aromatic N) is 1. The zero-order valence-electron chi connectivity index (χ0n) is 13.7. The number of nitrogens with one attached hydrogen (secondary N) is 1. The van der Waals surface area contributed by atoms with Crippen LogP contribution in [-0.2, 0) is 0 Å². The average molecular weight is 312 g/mol. The van der Waals surface area contributed by atoms with Crippen LogP contribution >= 0.6 is 0 Å². The molecule has 5 nitrogen and oxygen atoms in total. The van der Waals surface area contributed by atoms with Gasteiger partial charge in [0.15, 0.2) is 11.5 Å². The molecule has 5 heteroatoms. The number of ether oxygens (including phenoxy) is 1. The Morgan fingerprint density at radius 2 is 1.78 bits per heavy atom. The second-order valence-electron chi connectivity index (χ2n) is 5.32. The van der Waals surface area contributed by atoms with Gasteiger partial charge >= 0.3 is 0 Å². The van der Waals surface area contributed by atoms with Gasteiger partial charge in [-0.3, -0.25) is 4.79 Å². The Balaban J connectivity index is 2.15. The lowest BCUT2D eigenvalue weighted by molar-refractivity contribution is 0.0954. The van der Waals surface area contributed by atoms with Crippen LogP contribution in [0.1, 0.15) is 34.0 Å². The summed E-state index contributed by atoms with van der Waals surface area (Å²) in [5.74, 6) is 0.152. The highest BCUT2D eigenvalue weighted by Gasteiger charge is 2.08. The van der Waals surface area contributed by atoms with Gasteiger partial charge in [-0.25, -0.2) is 5.43 Å². The summed E-state index contributed by atoms with van der Waals surface area (Å²) in [6.07, 6.45) is 0. The number of methoxy groups -OCH3 is 1. The first-order valence-electron chi connectivity index (χ1n) is 7.21. The fourth-order valence-corrected chi connectivity index (χ4v) is 2.05. The molecule has 2 rings (SSSR count). The Morgan fingerprint density at radius 3 is 2.43 bits per heavy atom. The number of carbonyl (C=O) groups excluding carboxylic acids is 1. The Kier molecular flexibility index (Phi) is 5.01. The lowest BCUT2D eigenvalue weighted by Gasteiger charge is -2.07. The molecule has 0 aliphatic carbocycles. The summed E-state index contributed by atoms with van der Waals surface area (Å²) < 4.78 is 5.06. The zero-order valence-corrected chi connectivity index (χ0v) is 13.7. The minimum absolute atomic E-state index is 0.0585. The molecule has 0 atom stereocenters. The Morgan fingerprint density at radius 1 is 1.09 bits per heavy atom. The molecule has 120 valence electrons. The van der Waals surface area contributed by atoms with Crippen molar-refractivity contribution in [3.05, 3.63) is 58.7 Å². The van der Waals surface area contributed by atoms with E-state index in [0.717, 1.165) is 16.7 Å². The molecule has 0 heterocycles. The Labute approximate surface area is 135 Å². The molecule has 0 saturated heterocycles. The summed E-state index contributed by atoms with van der Waals surface area (Å²) in [7, 11) is 1.48. The molecule has 23 heavy (non-hydrogen) atoms. The van der Waals surface area contributed by atoms with Crippen LogP contribution < -0.4 is 10.2 Å². The third kappa shape index (κ3) is 3.88. The average Bonchev–Trinajstić information content (AvgIpc) is 2.55. The van der Waals surface area contributed by atoms with Crippen LogP contribution in [0.25, 0.3) is 0 Å². The van der Waals surface area contributed by atoms with E-state index in [1.165, 1.54) is 13.2 Å². The van der Waals surface area contributed by atoms with Crippen LogP contribution in [-0.4, -0.2) is 23.8 Å². The number of rotatable bonds is 4. The van der Waals surface area contributed by atoms with Gasteiger partial charge in [-0.15, -0.1) is 0 Å². The first-order valence-corrected chi connectivity index (χ1v) is 7.21. The van der Waals surface area contributed by atoms with Crippen molar-refractivity contribution in [2.24, 2.45) is 5.10 Å². The molecule has 0 saturated carbocycles. The topological polar surface area (TPSA) is 70.9 Å². The highest BCUT2D eigenvalue weighted by molar-refractivity contribution is 6.01. The first kappa shape index (κ1) is 16.5. The number of aryl methyl sites for hydroxylation is 2. The van der Waals surface area contributed by atoms with Gasteiger partial charge in [0.05, 0.1) is 12.8 Å². The predicted octanol–water partition coefficient (Wildman–Crippen LogP) is 3.17. The second-order valence-corrected chi connectivity index (χ2v) is 5.32. The van der Waals surface area contributed by atoms with Crippen molar-refractivity contribution in [3.63, 3.8) is 0 Å². The van der Waals surface area contributed by atoms with E-state index in [1.54, 1.807) is 25.1 Å². The van der Waals surface area contributed by atoms with Gasteiger partial charge in [0.2, 0.25) is 0 Å². The zero-order chi connectivity index (χ0) is 17.0. The maximum absolute atomic E-state index is 12.1. The summed E-state index contributed by atoms with van der Waals surface area (Å²) in [4.78, 5) is 12.1. The molecule has 0 radical (unpaired) electrons. The third-order valence-corrected chi connectivity index (χ3v) is 3.69. The van der Waals surface area contributed by atoms with Gasteiger partial charge in [-0.1, -0.05) is 6.07 Å². The van der Waals surface area contributed by atoms with E-state index in [-0.39, 0.29) is 11.7 Å². The number of phenolic OH excluding ortho intramolecular Hbond substituents is 1. The van der Waals surface area contributed by atoms with Crippen molar-refractivity contribution in [3.8, 4) is 11.5 Å². The number of benzene rings is 2. The molecule has 1 amide bonds. The van der Waals surface area contributed by atoms with Crippen molar-refractivity contribution in [2.75, 3.05) is 7.11 Å². The lowest BCUT2D eigenvalue weighted by atomic mass is 10.1. The molecule has 2 N–H and O–H groups in total. The molecule has 0 spiro atoms. The van der Waals surface area contributed by atoms with E-state index in [0.29, 0.717) is 17.0 Å². The van der Waals surface area contributed by atoms with Crippen molar-refractivity contribution < 1.29 is 14.6 Å². The summed E-state index contributed by atoms with van der Waals surface area (Å²) in [5.41, 5.74) is 6.66. The third-order valence-electron chi connectivity index (χ3n) is 3.69. The minimum atomic E-state index is -0.266. The number of amides is 1. The quantitative estimate of drug-likeness (QED) is 0.673. The van der Waals surface area contributed by atoms with Gasteiger partial charge in [0.1, 0.15) is 0 Å². The maximum Gasteiger partial charge on any atom is 0.271 e. The highest BCUT2D eigenvalue weighted by atomic mass is 16.5. The molecule has 0 aliphatic heterocycles. The van der Waals surface area contributed by atoms with E-state index in [4.69, 9.17) is 4.74 Å². The summed E-state index contributed by atoms with van der Waals surface area (Å²) in [6, 6.07) is 10.4. The van der Waals surface area contributed by atoms with Crippen LogP contribution in [0.5, 0.6) is 11.5 Å². The van der Waals surface area contributed by atoms with Crippen molar-refractivity contribution in [2.45, 2.75) is 20.8 Å². The van der Waals surface area contributed by atoms with Crippen molar-refractivity contribution in [1.29, 1.82) is 0 Å². The molecular weight excluding hydrogens is 292 g/mol. The Bertz CT molecular complexity index is 767. The largest absolute Gasteiger partial charge is 0.504 e. The van der Waals surface area contributed by atoms with E-state index < -0.39 is 0 Å². The molecule has 2 aromatic carbocycles. The number of hydrogen-bond acceptors (Lipinski definition) is 4. The predicted molar refractivity (Wildman–Crippen MR) is 90.3 cm³/mol. The molecule has 0 bridgehead atoms. The normalized spacial score (nSPS) is 11.2. The lowest BCUT2D eigenvalue weighted by Crippen LogP contribution is -2.19. The molecule has 0 unspecified atom stereocenters. The highest BCUT2D eigenvalue weighted by Crippen LogP contribution is 2.26. The van der Waals surface area contributed by atoms with Gasteiger partial charge < -0.3 is 9.84 Å². The Hall–Kier alpha value is -2.82. The number of hydrogen-bond donors (Lipinski definition) is 2. The maximum atomic E-state index is 12.1. The fourth-order valence-electron chi connectivity index (χ4n) is 2.05. The molecule has 0 aliphatic rings. The molecular formula is C18H20N2O3. The number of phenols is 1.